The maximum atomic E-state index is 12.9. The third kappa shape index (κ3) is 2.73. The van der Waals surface area contributed by atoms with Crippen LogP contribution < -0.4 is 0 Å². The van der Waals surface area contributed by atoms with Crippen LogP contribution in [0.4, 0.5) is 4.39 Å². The van der Waals surface area contributed by atoms with Crippen LogP contribution in [0.15, 0.2) is 18.2 Å². The van der Waals surface area contributed by atoms with Crippen LogP contribution in [0.2, 0.25) is 0 Å². The number of hydrogen-bond donors (Lipinski definition) is 0. The van der Waals surface area contributed by atoms with Crippen LogP contribution >= 0.6 is 11.6 Å². The Morgan fingerprint density at radius 1 is 1.56 bits per heavy atom. The molecule has 0 spiro atoms. The lowest BCUT2D eigenvalue weighted by Gasteiger charge is -2.23. The monoisotopic (exact) mass is 243 g/mol. The average Bonchev–Trinajstić information content (AvgIpc) is 2.26. The first-order valence-corrected chi connectivity index (χ1v) is 5.60. The molecule has 1 amide bonds. The number of halogens is 2. The van der Waals surface area contributed by atoms with Gasteiger partial charge in [0.05, 0.1) is 0 Å². The maximum Gasteiger partial charge on any atom is 0.254 e. The predicted octanol–water partition coefficient (Wildman–Crippen LogP) is 2.83. The minimum Gasteiger partial charge on any atom is -0.338 e. The van der Waals surface area contributed by atoms with Crippen molar-refractivity contribution in [1.29, 1.82) is 0 Å². The molecular formula is C12H15ClFNO. The van der Waals surface area contributed by atoms with Crippen molar-refractivity contribution < 1.29 is 9.18 Å². The molecule has 1 atom stereocenters. The molecule has 0 saturated heterocycles. The predicted molar refractivity (Wildman–Crippen MR) is 63.4 cm³/mol. The van der Waals surface area contributed by atoms with Crippen LogP contribution in [-0.2, 0) is 0 Å². The summed E-state index contributed by atoms with van der Waals surface area (Å²) in [4.78, 5) is 13.6. The normalized spacial score (nSPS) is 12.3. The Labute approximate surface area is 100 Å². The van der Waals surface area contributed by atoms with Crippen molar-refractivity contribution >= 4 is 17.5 Å². The molecule has 0 fully saturated rings. The summed E-state index contributed by atoms with van der Waals surface area (Å²) in [5.74, 6) is -0.0876. The number of hydrogen-bond acceptors (Lipinski definition) is 1. The van der Waals surface area contributed by atoms with Crippen LogP contribution in [0.5, 0.6) is 0 Å². The first-order chi connectivity index (χ1) is 7.47. The molecule has 1 rings (SSSR count). The van der Waals surface area contributed by atoms with Gasteiger partial charge in [-0.15, -0.1) is 11.6 Å². The molecule has 1 aromatic carbocycles. The molecule has 0 aliphatic carbocycles. The van der Waals surface area contributed by atoms with E-state index in [4.69, 9.17) is 11.6 Å². The van der Waals surface area contributed by atoms with Crippen molar-refractivity contribution in [2.45, 2.75) is 19.9 Å². The highest BCUT2D eigenvalue weighted by molar-refractivity contribution is 6.18. The van der Waals surface area contributed by atoms with E-state index in [1.54, 1.807) is 18.9 Å². The molecule has 88 valence electrons. The molecule has 0 heterocycles. The summed E-state index contributed by atoms with van der Waals surface area (Å²) in [5.41, 5.74) is 1.15. The van der Waals surface area contributed by atoms with Crippen LogP contribution in [0.3, 0.4) is 0 Å². The molecule has 0 N–H and O–H groups in total. The van der Waals surface area contributed by atoms with Crippen molar-refractivity contribution in [1.82, 2.24) is 4.90 Å². The smallest absolute Gasteiger partial charge is 0.254 e. The number of amides is 1. The van der Waals surface area contributed by atoms with Crippen molar-refractivity contribution in [3.05, 3.63) is 35.1 Å². The summed E-state index contributed by atoms with van der Waals surface area (Å²) in [6, 6.07) is 4.11. The van der Waals surface area contributed by atoms with E-state index < -0.39 is 0 Å². The van der Waals surface area contributed by atoms with Gasteiger partial charge in [0.15, 0.2) is 0 Å². The molecule has 2 nitrogen and oxygen atoms in total. The van der Waals surface area contributed by atoms with Gasteiger partial charge in [0.2, 0.25) is 0 Å². The third-order valence-corrected chi connectivity index (χ3v) is 3.07. The molecule has 0 bridgehead atoms. The van der Waals surface area contributed by atoms with Gasteiger partial charge in [-0.05, 0) is 37.6 Å². The van der Waals surface area contributed by atoms with Gasteiger partial charge in [0.1, 0.15) is 5.82 Å². The quantitative estimate of drug-likeness (QED) is 0.748. The molecule has 1 unspecified atom stereocenters. The highest BCUT2D eigenvalue weighted by Gasteiger charge is 2.18. The first kappa shape index (κ1) is 13.0. The highest BCUT2D eigenvalue weighted by atomic mass is 35.5. The van der Waals surface area contributed by atoms with Crippen LogP contribution in [0.25, 0.3) is 0 Å². The van der Waals surface area contributed by atoms with Gasteiger partial charge in [-0.2, -0.15) is 0 Å². The van der Waals surface area contributed by atoms with Gasteiger partial charge < -0.3 is 4.90 Å². The summed E-state index contributed by atoms with van der Waals surface area (Å²) >= 11 is 5.69. The molecule has 0 radical (unpaired) electrons. The number of carbonyl (C=O) groups is 1. The van der Waals surface area contributed by atoms with Crippen LogP contribution in [0.1, 0.15) is 22.8 Å². The lowest BCUT2D eigenvalue weighted by Crippen LogP contribution is -2.36. The van der Waals surface area contributed by atoms with Gasteiger partial charge >= 0.3 is 0 Å². The van der Waals surface area contributed by atoms with Gasteiger partial charge in [-0.1, -0.05) is 0 Å². The summed E-state index contributed by atoms with van der Waals surface area (Å²) in [7, 11) is 1.69. The van der Waals surface area contributed by atoms with Crippen molar-refractivity contribution in [3.8, 4) is 0 Å². The number of nitrogens with zero attached hydrogens (tertiary/aromatic N) is 1. The number of alkyl halides is 1. The van der Waals surface area contributed by atoms with E-state index in [9.17, 15) is 9.18 Å². The van der Waals surface area contributed by atoms with Crippen LogP contribution in [-0.4, -0.2) is 29.8 Å². The van der Waals surface area contributed by atoms with Crippen molar-refractivity contribution in [2.24, 2.45) is 0 Å². The molecule has 16 heavy (non-hydrogen) atoms. The Hall–Kier alpha value is -1.09. The zero-order chi connectivity index (χ0) is 12.3. The first-order valence-electron chi connectivity index (χ1n) is 5.06. The minimum atomic E-state index is -0.331. The summed E-state index contributed by atoms with van der Waals surface area (Å²) in [6.07, 6.45) is 0. The summed E-state index contributed by atoms with van der Waals surface area (Å²) < 4.78 is 12.9. The SMILES string of the molecule is Cc1cc(F)ccc1C(=O)N(C)C(C)CCl. The Kier molecular flexibility index (Phi) is 4.30. The fourth-order valence-corrected chi connectivity index (χ4v) is 1.57. The summed E-state index contributed by atoms with van der Waals surface area (Å²) in [5, 5.41) is 0. The van der Waals surface area contributed by atoms with Gasteiger partial charge in [0, 0.05) is 24.5 Å². The van der Waals surface area contributed by atoms with E-state index in [-0.39, 0.29) is 17.8 Å². The maximum absolute atomic E-state index is 12.9. The Bertz CT molecular complexity index is 395. The molecule has 0 aliphatic rings. The fourth-order valence-electron chi connectivity index (χ4n) is 1.36. The average molecular weight is 244 g/mol. The molecule has 0 aromatic heterocycles. The second kappa shape index (κ2) is 5.30. The lowest BCUT2D eigenvalue weighted by atomic mass is 10.1. The zero-order valence-corrected chi connectivity index (χ0v) is 10.4. The number of carbonyl (C=O) groups excluding carboxylic acids is 1. The van der Waals surface area contributed by atoms with Gasteiger partial charge in [-0.25, -0.2) is 4.39 Å². The molecular weight excluding hydrogens is 229 g/mol. The standard InChI is InChI=1S/C12H15ClFNO/c1-8-6-10(14)4-5-11(8)12(16)15(3)9(2)7-13/h4-6,9H,7H2,1-3H3. The van der Waals surface area contributed by atoms with Gasteiger partial charge in [-0.3, -0.25) is 4.79 Å². The van der Waals surface area contributed by atoms with Crippen molar-refractivity contribution in [2.75, 3.05) is 12.9 Å². The van der Waals surface area contributed by atoms with E-state index in [2.05, 4.69) is 0 Å². The zero-order valence-electron chi connectivity index (χ0n) is 9.63. The van der Waals surface area contributed by atoms with E-state index in [0.29, 0.717) is 17.0 Å². The third-order valence-electron chi connectivity index (χ3n) is 2.62. The number of benzene rings is 1. The Morgan fingerprint density at radius 3 is 2.69 bits per heavy atom. The number of aryl methyl sites for hydroxylation is 1. The van der Waals surface area contributed by atoms with E-state index in [1.807, 2.05) is 6.92 Å². The minimum absolute atomic E-state index is 0.0429. The van der Waals surface area contributed by atoms with Gasteiger partial charge in [0.25, 0.3) is 5.91 Å². The molecule has 4 heteroatoms. The second-order valence-electron chi connectivity index (χ2n) is 3.88. The van der Waals surface area contributed by atoms with E-state index in [1.165, 1.54) is 18.2 Å². The van der Waals surface area contributed by atoms with Crippen molar-refractivity contribution in [3.63, 3.8) is 0 Å². The highest BCUT2D eigenvalue weighted by Crippen LogP contribution is 2.13. The second-order valence-corrected chi connectivity index (χ2v) is 4.19. The lowest BCUT2D eigenvalue weighted by molar-refractivity contribution is 0.0756. The topological polar surface area (TPSA) is 20.3 Å². The van der Waals surface area contributed by atoms with E-state index >= 15 is 0 Å². The number of rotatable bonds is 3. The molecule has 0 saturated carbocycles. The van der Waals surface area contributed by atoms with E-state index in [0.717, 1.165) is 0 Å². The Balaban J connectivity index is 2.96. The van der Waals surface area contributed by atoms with Crippen LogP contribution in [0, 0.1) is 12.7 Å². The largest absolute Gasteiger partial charge is 0.338 e. The summed E-state index contributed by atoms with van der Waals surface area (Å²) in [6.45, 7) is 3.58. The molecule has 0 aliphatic heterocycles. The molecule has 1 aromatic rings. The fraction of sp³-hybridized carbons (Fsp3) is 0.417. The Morgan fingerprint density at radius 2 is 2.19 bits per heavy atom.